The summed E-state index contributed by atoms with van der Waals surface area (Å²) in [7, 11) is 0. The molecule has 1 aliphatic heterocycles. The average molecular weight is 258 g/mol. The van der Waals surface area contributed by atoms with Crippen LogP contribution in [-0.2, 0) is 4.79 Å². The van der Waals surface area contributed by atoms with E-state index in [-0.39, 0.29) is 12.2 Å². The van der Waals surface area contributed by atoms with Gasteiger partial charge in [-0.2, -0.15) is 11.8 Å². The normalized spacial score (nSPS) is 26.6. The fourth-order valence-corrected chi connectivity index (χ4v) is 3.14. The van der Waals surface area contributed by atoms with Gasteiger partial charge < -0.3 is 4.90 Å². The van der Waals surface area contributed by atoms with Gasteiger partial charge in [-0.05, 0) is 26.0 Å². The smallest absolute Gasteiger partial charge is 0.241 e. The molecule has 0 aliphatic carbocycles. The molecule has 0 saturated carbocycles. The molecule has 0 bridgehead atoms. The molecule has 3 atom stereocenters. The van der Waals surface area contributed by atoms with Gasteiger partial charge in [0.2, 0.25) is 5.91 Å². The van der Waals surface area contributed by atoms with Gasteiger partial charge in [0.15, 0.2) is 0 Å². The monoisotopic (exact) mass is 258 g/mol. The molecule has 3 nitrogen and oxygen atoms in total. The maximum atomic E-state index is 12.4. The van der Waals surface area contributed by atoms with Crippen molar-refractivity contribution in [1.29, 1.82) is 0 Å². The van der Waals surface area contributed by atoms with Crippen LogP contribution in [0, 0.1) is 0 Å². The summed E-state index contributed by atoms with van der Waals surface area (Å²) >= 11 is 1.81. The molecular formula is C13H26N2OS. The molecule has 1 heterocycles. The van der Waals surface area contributed by atoms with Crippen LogP contribution in [0.5, 0.6) is 0 Å². The number of hydrogen-bond donors (Lipinski definition) is 1. The lowest BCUT2D eigenvalue weighted by molar-refractivity contribution is -0.131. The highest BCUT2D eigenvalue weighted by Gasteiger charge is 2.39. The van der Waals surface area contributed by atoms with E-state index in [1.165, 1.54) is 0 Å². The molecule has 3 unspecified atom stereocenters. The van der Waals surface area contributed by atoms with E-state index >= 15 is 0 Å². The standard InChI is InChI=1S/C13H26N2OS/c1-5-7-8-11-13(16)15(10(3)9-17-4)12(6-2)14-11/h10-12,14H,5-9H2,1-4H3. The SMILES string of the molecule is CCCCC1NC(CC)N(C(C)CSC)C1=O. The molecule has 1 amide bonds. The van der Waals surface area contributed by atoms with Crippen LogP contribution in [0.1, 0.15) is 46.5 Å². The first-order valence-corrected chi connectivity index (χ1v) is 8.12. The summed E-state index contributed by atoms with van der Waals surface area (Å²) < 4.78 is 0. The number of carbonyl (C=O) groups excluding carboxylic acids is 1. The summed E-state index contributed by atoms with van der Waals surface area (Å²) in [5.41, 5.74) is 0. The van der Waals surface area contributed by atoms with Gasteiger partial charge >= 0.3 is 0 Å². The second-order valence-corrected chi connectivity index (χ2v) is 5.75. The Morgan fingerprint density at radius 1 is 1.47 bits per heavy atom. The lowest BCUT2D eigenvalue weighted by atomic mass is 10.1. The highest BCUT2D eigenvalue weighted by atomic mass is 32.2. The lowest BCUT2D eigenvalue weighted by Gasteiger charge is -2.29. The Morgan fingerprint density at radius 3 is 2.71 bits per heavy atom. The van der Waals surface area contributed by atoms with E-state index in [1.54, 1.807) is 0 Å². The van der Waals surface area contributed by atoms with Crippen molar-refractivity contribution < 1.29 is 4.79 Å². The molecule has 0 aromatic heterocycles. The molecule has 4 heteroatoms. The van der Waals surface area contributed by atoms with E-state index in [0.29, 0.717) is 11.9 Å². The van der Waals surface area contributed by atoms with E-state index in [1.807, 2.05) is 11.8 Å². The van der Waals surface area contributed by atoms with E-state index < -0.39 is 0 Å². The number of carbonyl (C=O) groups is 1. The van der Waals surface area contributed by atoms with Crippen LogP contribution in [0.2, 0.25) is 0 Å². The molecule has 100 valence electrons. The summed E-state index contributed by atoms with van der Waals surface area (Å²) in [6, 6.07) is 0.394. The highest BCUT2D eigenvalue weighted by Crippen LogP contribution is 2.21. The molecule has 1 saturated heterocycles. The zero-order valence-electron chi connectivity index (χ0n) is 11.5. The molecule has 1 rings (SSSR count). The summed E-state index contributed by atoms with van der Waals surface area (Å²) in [5, 5.41) is 3.48. The Labute approximate surface area is 110 Å². The maximum absolute atomic E-state index is 12.4. The van der Waals surface area contributed by atoms with Crippen LogP contribution >= 0.6 is 11.8 Å². The van der Waals surface area contributed by atoms with Gasteiger partial charge in [-0.1, -0.05) is 26.7 Å². The van der Waals surface area contributed by atoms with Gasteiger partial charge in [0.25, 0.3) is 0 Å². The largest absolute Gasteiger partial charge is 0.322 e. The number of nitrogens with zero attached hydrogens (tertiary/aromatic N) is 1. The lowest BCUT2D eigenvalue weighted by Crippen LogP contribution is -2.44. The van der Waals surface area contributed by atoms with Crippen LogP contribution in [0.25, 0.3) is 0 Å². The van der Waals surface area contributed by atoms with E-state index in [4.69, 9.17) is 0 Å². The summed E-state index contributed by atoms with van der Waals surface area (Å²) in [6.07, 6.45) is 6.60. The molecular weight excluding hydrogens is 232 g/mol. The van der Waals surface area contributed by atoms with Crippen molar-refractivity contribution in [1.82, 2.24) is 10.2 Å². The van der Waals surface area contributed by atoms with Crippen LogP contribution < -0.4 is 5.32 Å². The fourth-order valence-electron chi connectivity index (χ4n) is 2.49. The van der Waals surface area contributed by atoms with Crippen molar-refractivity contribution in [3.8, 4) is 0 Å². The van der Waals surface area contributed by atoms with Crippen LogP contribution in [-0.4, -0.2) is 41.1 Å². The first kappa shape index (κ1) is 14.8. The Balaban J connectivity index is 2.64. The number of nitrogens with one attached hydrogen (secondary N) is 1. The van der Waals surface area contributed by atoms with Crippen molar-refractivity contribution in [3.63, 3.8) is 0 Å². The van der Waals surface area contributed by atoms with Crippen LogP contribution in [0.3, 0.4) is 0 Å². The number of rotatable bonds is 7. The number of thioether (sulfide) groups is 1. The quantitative estimate of drug-likeness (QED) is 0.761. The predicted octanol–water partition coefficient (Wildman–Crippen LogP) is 2.46. The van der Waals surface area contributed by atoms with Gasteiger partial charge in [0.1, 0.15) is 0 Å². The second kappa shape index (κ2) is 7.27. The number of amides is 1. The first-order valence-electron chi connectivity index (χ1n) is 6.72. The van der Waals surface area contributed by atoms with Crippen molar-refractivity contribution in [3.05, 3.63) is 0 Å². The maximum Gasteiger partial charge on any atom is 0.241 e. The molecule has 17 heavy (non-hydrogen) atoms. The van der Waals surface area contributed by atoms with Crippen LogP contribution in [0.4, 0.5) is 0 Å². The zero-order chi connectivity index (χ0) is 12.8. The molecule has 0 radical (unpaired) electrons. The minimum absolute atomic E-state index is 0.0595. The molecule has 1 fully saturated rings. The van der Waals surface area contributed by atoms with Gasteiger partial charge in [-0.25, -0.2) is 0 Å². The number of unbranched alkanes of at least 4 members (excludes halogenated alkanes) is 1. The second-order valence-electron chi connectivity index (χ2n) is 4.84. The predicted molar refractivity (Wildman–Crippen MR) is 75.2 cm³/mol. The van der Waals surface area contributed by atoms with Gasteiger partial charge in [-0.3, -0.25) is 10.1 Å². The third-order valence-corrected chi connectivity index (χ3v) is 4.21. The van der Waals surface area contributed by atoms with Crippen molar-refractivity contribution in [2.45, 2.75) is 64.7 Å². The van der Waals surface area contributed by atoms with E-state index in [9.17, 15) is 4.79 Å². The fraction of sp³-hybridized carbons (Fsp3) is 0.923. The Morgan fingerprint density at radius 2 is 2.18 bits per heavy atom. The Kier molecular flexibility index (Phi) is 6.34. The molecule has 0 aromatic carbocycles. The molecule has 1 aliphatic rings. The third-order valence-electron chi connectivity index (χ3n) is 3.40. The minimum Gasteiger partial charge on any atom is -0.322 e. The van der Waals surface area contributed by atoms with Gasteiger partial charge in [0, 0.05) is 11.8 Å². The molecule has 0 spiro atoms. The Hall–Kier alpha value is -0.220. The van der Waals surface area contributed by atoms with Crippen LogP contribution in [0.15, 0.2) is 0 Å². The summed E-state index contributed by atoms with van der Waals surface area (Å²) in [5.74, 6) is 1.33. The Bertz CT molecular complexity index is 248. The minimum atomic E-state index is 0.0595. The van der Waals surface area contributed by atoms with Crippen molar-refractivity contribution >= 4 is 17.7 Å². The zero-order valence-corrected chi connectivity index (χ0v) is 12.3. The third kappa shape index (κ3) is 3.62. The van der Waals surface area contributed by atoms with E-state index in [0.717, 1.165) is 31.4 Å². The van der Waals surface area contributed by atoms with Crippen molar-refractivity contribution in [2.24, 2.45) is 0 Å². The topological polar surface area (TPSA) is 32.3 Å². The van der Waals surface area contributed by atoms with Gasteiger partial charge in [-0.15, -0.1) is 0 Å². The average Bonchev–Trinajstić information content (AvgIpc) is 2.63. The summed E-state index contributed by atoms with van der Waals surface area (Å²) in [6.45, 7) is 6.47. The van der Waals surface area contributed by atoms with Crippen molar-refractivity contribution in [2.75, 3.05) is 12.0 Å². The highest BCUT2D eigenvalue weighted by molar-refractivity contribution is 7.98. The first-order chi connectivity index (χ1) is 8.15. The summed E-state index contributed by atoms with van der Waals surface area (Å²) in [4.78, 5) is 14.4. The molecule has 0 aromatic rings. The van der Waals surface area contributed by atoms with E-state index in [2.05, 4.69) is 37.2 Å². The van der Waals surface area contributed by atoms with Gasteiger partial charge in [0.05, 0.1) is 12.2 Å². The number of hydrogen-bond acceptors (Lipinski definition) is 3. The molecule has 1 N–H and O–H groups in total.